The van der Waals surface area contributed by atoms with Gasteiger partial charge in [0.25, 0.3) is 0 Å². The number of fused-ring (bicyclic) bond motifs is 1. The van der Waals surface area contributed by atoms with Crippen LogP contribution in [0.4, 0.5) is 8.78 Å². The normalized spacial score (nSPS) is 12.2. The van der Waals surface area contributed by atoms with Crippen LogP contribution in [0.25, 0.3) is 11.3 Å². The molecule has 2 aromatic carbocycles. The van der Waals surface area contributed by atoms with Crippen LogP contribution in [-0.2, 0) is 11.3 Å². The SMILES string of the molecule is O=C(OCc1cc(-c2ccc3c(c2)OCO3)on1)c1c(F)cccc1F. The van der Waals surface area contributed by atoms with Crippen LogP contribution in [-0.4, -0.2) is 17.9 Å². The van der Waals surface area contributed by atoms with Crippen molar-refractivity contribution >= 4 is 5.97 Å². The highest BCUT2D eigenvalue weighted by Crippen LogP contribution is 2.36. The van der Waals surface area contributed by atoms with Gasteiger partial charge in [-0.05, 0) is 30.3 Å². The molecule has 0 saturated heterocycles. The average Bonchev–Trinajstić information content (AvgIpc) is 3.28. The van der Waals surface area contributed by atoms with E-state index in [-0.39, 0.29) is 13.4 Å². The van der Waals surface area contributed by atoms with Gasteiger partial charge in [0, 0.05) is 11.6 Å². The molecule has 0 fully saturated rings. The quantitative estimate of drug-likeness (QED) is 0.662. The molecule has 0 aliphatic carbocycles. The molecule has 1 aromatic heterocycles. The third-order valence-electron chi connectivity index (χ3n) is 3.73. The number of esters is 1. The maximum absolute atomic E-state index is 13.6. The van der Waals surface area contributed by atoms with Gasteiger partial charge in [-0.3, -0.25) is 0 Å². The van der Waals surface area contributed by atoms with E-state index in [0.29, 0.717) is 28.5 Å². The molecule has 0 bridgehead atoms. The summed E-state index contributed by atoms with van der Waals surface area (Å²) in [4.78, 5) is 11.9. The smallest absolute Gasteiger partial charge is 0.344 e. The molecular formula is C18H11F2NO5. The van der Waals surface area contributed by atoms with Gasteiger partial charge in [-0.1, -0.05) is 11.2 Å². The van der Waals surface area contributed by atoms with Crippen LogP contribution in [0, 0.1) is 11.6 Å². The van der Waals surface area contributed by atoms with Crippen molar-refractivity contribution in [3.8, 4) is 22.8 Å². The Morgan fingerprint density at radius 3 is 2.65 bits per heavy atom. The molecule has 6 nitrogen and oxygen atoms in total. The summed E-state index contributed by atoms with van der Waals surface area (Å²) in [5.41, 5.74) is 0.245. The van der Waals surface area contributed by atoms with Crippen molar-refractivity contribution in [1.82, 2.24) is 5.16 Å². The first-order chi connectivity index (χ1) is 12.6. The van der Waals surface area contributed by atoms with Crippen molar-refractivity contribution in [3.63, 3.8) is 0 Å². The molecule has 3 aromatic rings. The molecule has 26 heavy (non-hydrogen) atoms. The zero-order valence-electron chi connectivity index (χ0n) is 13.2. The number of hydrogen-bond donors (Lipinski definition) is 0. The Labute approximate surface area is 145 Å². The molecule has 0 radical (unpaired) electrons. The Morgan fingerprint density at radius 1 is 1.08 bits per heavy atom. The topological polar surface area (TPSA) is 70.8 Å². The molecule has 4 rings (SSSR count). The summed E-state index contributed by atoms with van der Waals surface area (Å²) in [5.74, 6) is -1.46. The monoisotopic (exact) mass is 359 g/mol. The molecule has 0 amide bonds. The summed E-state index contributed by atoms with van der Waals surface area (Å²) in [7, 11) is 0. The van der Waals surface area contributed by atoms with E-state index in [1.807, 2.05) is 0 Å². The molecule has 8 heteroatoms. The molecule has 0 atom stereocenters. The molecule has 2 heterocycles. The summed E-state index contributed by atoms with van der Waals surface area (Å²) in [6, 6.07) is 9.91. The fourth-order valence-electron chi connectivity index (χ4n) is 2.47. The van der Waals surface area contributed by atoms with E-state index in [0.717, 1.165) is 18.2 Å². The number of halogens is 2. The minimum absolute atomic E-state index is 0.156. The van der Waals surface area contributed by atoms with Crippen LogP contribution in [0.2, 0.25) is 0 Å². The third-order valence-corrected chi connectivity index (χ3v) is 3.73. The van der Waals surface area contributed by atoms with Gasteiger partial charge in [0.15, 0.2) is 17.3 Å². The van der Waals surface area contributed by atoms with Gasteiger partial charge in [-0.2, -0.15) is 0 Å². The van der Waals surface area contributed by atoms with Crippen molar-refractivity contribution in [2.75, 3.05) is 6.79 Å². The van der Waals surface area contributed by atoms with E-state index >= 15 is 0 Å². The van der Waals surface area contributed by atoms with Gasteiger partial charge in [-0.25, -0.2) is 13.6 Å². The maximum atomic E-state index is 13.6. The highest BCUT2D eigenvalue weighted by Gasteiger charge is 2.20. The highest BCUT2D eigenvalue weighted by molar-refractivity contribution is 5.90. The number of aromatic nitrogens is 1. The molecular weight excluding hydrogens is 348 g/mol. The number of carbonyl (C=O) groups excluding carboxylic acids is 1. The second-order valence-corrected chi connectivity index (χ2v) is 5.42. The van der Waals surface area contributed by atoms with Crippen molar-refractivity contribution in [2.24, 2.45) is 0 Å². The van der Waals surface area contributed by atoms with Crippen LogP contribution >= 0.6 is 0 Å². The highest BCUT2D eigenvalue weighted by atomic mass is 19.1. The second-order valence-electron chi connectivity index (χ2n) is 5.42. The standard InChI is InChI=1S/C18H11F2NO5/c19-12-2-1-3-13(20)17(12)18(22)23-8-11-7-15(26-21-11)10-4-5-14-16(6-10)25-9-24-14/h1-7H,8-9H2. The molecule has 0 unspecified atom stereocenters. The minimum atomic E-state index is -1.12. The van der Waals surface area contributed by atoms with Crippen molar-refractivity contribution in [3.05, 3.63) is 65.4 Å². The molecule has 132 valence electrons. The van der Waals surface area contributed by atoms with Gasteiger partial charge in [-0.15, -0.1) is 0 Å². The van der Waals surface area contributed by atoms with Crippen molar-refractivity contribution in [1.29, 1.82) is 0 Å². The second kappa shape index (κ2) is 6.47. The lowest BCUT2D eigenvalue weighted by Crippen LogP contribution is -2.10. The lowest BCUT2D eigenvalue weighted by molar-refractivity contribution is 0.0453. The first-order valence-corrected chi connectivity index (χ1v) is 7.58. The van der Waals surface area contributed by atoms with Crippen molar-refractivity contribution in [2.45, 2.75) is 6.61 Å². The summed E-state index contributed by atoms with van der Waals surface area (Å²) in [5, 5.41) is 3.78. The Balaban J connectivity index is 1.46. The summed E-state index contributed by atoms with van der Waals surface area (Å²) in [6.07, 6.45) is 0. The van der Waals surface area contributed by atoms with Crippen LogP contribution in [0.1, 0.15) is 16.1 Å². The van der Waals surface area contributed by atoms with E-state index in [1.54, 1.807) is 24.3 Å². The Hall–Kier alpha value is -3.42. The van der Waals surface area contributed by atoms with Crippen LogP contribution in [0.5, 0.6) is 11.5 Å². The Kier molecular flexibility index (Phi) is 4.00. The van der Waals surface area contributed by atoms with Gasteiger partial charge in [0.2, 0.25) is 6.79 Å². The zero-order valence-corrected chi connectivity index (χ0v) is 13.2. The van der Waals surface area contributed by atoms with E-state index in [4.69, 9.17) is 18.7 Å². The molecule has 0 N–H and O–H groups in total. The number of ether oxygens (including phenoxy) is 3. The average molecular weight is 359 g/mol. The molecule has 0 spiro atoms. The summed E-state index contributed by atoms with van der Waals surface area (Å²) < 4.78 is 47.8. The van der Waals surface area contributed by atoms with Gasteiger partial charge in [0.05, 0.1) is 0 Å². The largest absolute Gasteiger partial charge is 0.455 e. The predicted molar refractivity (Wildman–Crippen MR) is 83.5 cm³/mol. The van der Waals surface area contributed by atoms with E-state index in [2.05, 4.69) is 5.16 Å². The third kappa shape index (κ3) is 2.97. The van der Waals surface area contributed by atoms with Gasteiger partial charge in [0.1, 0.15) is 29.5 Å². The Morgan fingerprint density at radius 2 is 1.85 bits per heavy atom. The Bertz CT molecular complexity index is 965. The van der Waals surface area contributed by atoms with E-state index in [1.165, 1.54) is 0 Å². The number of nitrogens with zero attached hydrogens (tertiary/aromatic N) is 1. The minimum Gasteiger partial charge on any atom is -0.455 e. The number of benzene rings is 2. The first-order valence-electron chi connectivity index (χ1n) is 7.58. The number of hydrogen-bond acceptors (Lipinski definition) is 6. The van der Waals surface area contributed by atoms with Crippen molar-refractivity contribution < 1.29 is 32.3 Å². The first kappa shape index (κ1) is 16.1. The summed E-state index contributed by atoms with van der Waals surface area (Å²) in [6.45, 7) is -0.135. The van der Waals surface area contributed by atoms with Gasteiger partial charge >= 0.3 is 5.97 Å². The molecule has 1 aliphatic rings. The van der Waals surface area contributed by atoms with E-state index in [9.17, 15) is 13.6 Å². The van der Waals surface area contributed by atoms with E-state index < -0.39 is 23.2 Å². The number of carbonyl (C=O) groups is 1. The zero-order chi connectivity index (χ0) is 18.1. The predicted octanol–water partition coefficient (Wildman–Crippen LogP) is 3.71. The van der Waals surface area contributed by atoms with Gasteiger partial charge < -0.3 is 18.7 Å². The molecule has 0 saturated carbocycles. The molecule has 1 aliphatic heterocycles. The van der Waals surface area contributed by atoms with Crippen LogP contribution in [0.15, 0.2) is 47.0 Å². The summed E-state index contributed by atoms with van der Waals surface area (Å²) >= 11 is 0. The lowest BCUT2D eigenvalue weighted by atomic mass is 10.1. The van der Waals surface area contributed by atoms with Crippen LogP contribution in [0.3, 0.4) is 0 Å². The maximum Gasteiger partial charge on any atom is 0.344 e. The lowest BCUT2D eigenvalue weighted by Gasteiger charge is -2.04. The van der Waals surface area contributed by atoms with Crippen LogP contribution < -0.4 is 9.47 Å². The fraction of sp³-hybridized carbons (Fsp3) is 0.111. The number of rotatable bonds is 4. The fourth-order valence-corrected chi connectivity index (χ4v) is 2.47.